The molecule has 1 unspecified atom stereocenters. The van der Waals surface area contributed by atoms with E-state index in [-0.39, 0.29) is 17.6 Å². The van der Waals surface area contributed by atoms with Crippen molar-refractivity contribution in [3.63, 3.8) is 0 Å². The van der Waals surface area contributed by atoms with E-state index in [1.165, 1.54) is 24.5 Å². The number of methoxy groups -OCH3 is 1. The Morgan fingerprint density at radius 2 is 1.67 bits per heavy atom. The number of carbonyl (C=O) groups is 1. The smallest absolute Gasteiger partial charge is 0.232 e. The number of hydrogen-bond acceptors (Lipinski definition) is 5. The maximum Gasteiger partial charge on any atom is 0.232 e. The van der Waals surface area contributed by atoms with E-state index in [0.717, 1.165) is 22.3 Å². The molecule has 1 heterocycles. The van der Waals surface area contributed by atoms with E-state index in [2.05, 4.69) is 15.5 Å². The molecule has 0 saturated carbocycles. The Balaban J connectivity index is 1.69. The van der Waals surface area contributed by atoms with E-state index in [4.69, 9.17) is 4.74 Å². The molecule has 0 radical (unpaired) electrons. The van der Waals surface area contributed by atoms with E-state index in [1.54, 1.807) is 11.6 Å². The van der Waals surface area contributed by atoms with Crippen molar-refractivity contribution in [2.24, 2.45) is 5.41 Å². The van der Waals surface area contributed by atoms with Crippen LogP contribution < -0.4 is 10.1 Å². The monoisotopic (exact) mass is 461 g/mol. The topological polar surface area (TPSA) is 64.1 Å². The lowest BCUT2D eigenvalue weighted by molar-refractivity contribution is -0.124. The molecule has 0 aliphatic carbocycles. The van der Waals surface area contributed by atoms with E-state index in [0.29, 0.717) is 5.13 Å². The lowest BCUT2D eigenvalue weighted by Gasteiger charge is -2.33. The van der Waals surface area contributed by atoms with Crippen LogP contribution in [-0.4, -0.2) is 23.2 Å². The highest BCUT2D eigenvalue weighted by Crippen LogP contribution is 2.42. The first-order valence-electron chi connectivity index (χ1n) is 10.5. The largest absolute Gasteiger partial charge is 0.494 e. The predicted molar refractivity (Wildman–Crippen MR) is 129 cm³/mol. The number of anilines is 1. The fraction of sp³-hybridized carbons (Fsp3) is 0.192. The van der Waals surface area contributed by atoms with Crippen molar-refractivity contribution in [1.29, 1.82) is 0 Å². The van der Waals surface area contributed by atoms with Crippen LogP contribution >= 0.6 is 11.3 Å². The van der Waals surface area contributed by atoms with Crippen LogP contribution in [0.3, 0.4) is 0 Å². The van der Waals surface area contributed by atoms with Gasteiger partial charge in [-0.15, -0.1) is 10.2 Å². The number of aromatic nitrogens is 2. The summed E-state index contributed by atoms with van der Waals surface area (Å²) in [5.74, 6) is -0.555. The van der Waals surface area contributed by atoms with E-state index < -0.39 is 11.2 Å². The number of rotatable bonds is 7. The molecule has 0 aliphatic rings. The zero-order chi connectivity index (χ0) is 23.4. The Morgan fingerprint density at radius 3 is 2.27 bits per heavy atom. The molecule has 1 N–H and O–H groups in total. The normalized spacial score (nSPS) is 12.2. The standard InChI is InChI=1S/C26H24FN3O2S/c1-26(2,24(31)29-25-30-28-16-33-25)23(18-7-5-4-6-8-18)19-11-9-17(10-12-19)20-13-14-22(32-3)21(27)15-20/h4-16,23H,1-3H3,(H,29,30,31). The van der Waals surface area contributed by atoms with Crippen molar-refractivity contribution in [2.45, 2.75) is 19.8 Å². The summed E-state index contributed by atoms with van der Waals surface area (Å²) in [6, 6.07) is 22.7. The van der Waals surface area contributed by atoms with Crippen molar-refractivity contribution >= 4 is 22.4 Å². The minimum absolute atomic E-state index is 0.144. The average molecular weight is 462 g/mol. The van der Waals surface area contributed by atoms with Crippen molar-refractivity contribution in [1.82, 2.24) is 10.2 Å². The molecule has 3 aromatic carbocycles. The molecule has 1 amide bonds. The number of benzene rings is 3. The van der Waals surface area contributed by atoms with Crippen LogP contribution in [-0.2, 0) is 4.79 Å². The number of ether oxygens (including phenoxy) is 1. The van der Waals surface area contributed by atoms with Crippen molar-refractivity contribution in [3.05, 3.63) is 95.3 Å². The molecule has 0 fully saturated rings. The van der Waals surface area contributed by atoms with E-state index in [1.807, 2.05) is 74.5 Å². The Bertz CT molecular complexity index is 1230. The number of hydrogen-bond donors (Lipinski definition) is 1. The summed E-state index contributed by atoms with van der Waals surface area (Å²) in [6.45, 7) is 3.85. The molecule has 0 bridgehead atoms. The molecule has 5 nitrogen and oxygen atoms in total. The minimum Gasteiger partial charge on any atom is -0.494 e. The highest BCUT2D eigenvalue weighted by molar-refractivity contribution is 7.13. The Kier molecular flexibility index (Phi) is 6.51. The molecule has 0 spiro atoms. The molecule has 33 heavy (non-hydrogen) atoms. The first-order chi connectivity index (χ1) is 15.9. The molecular weight excluding hydrogens is 437 g/mol. The first kappa shape index (κ1) is 22.6. The Labute approximate surface area is 196 Å². The number of nitrogens with zero attached hydrogens (tertiary/aromatic N) is 2. The first-order valence-corrected chi connectivity index (χ1v) is 11.3. The highest BCUT2D eigenvalue weighted by atomic mass is 32.1. The van der Waals surface area contributed by atoms with Crippen molar-refractivity contribution < 1.29 is 13.9 Å². The van der Waals surface area contributed by atoms with Crippen LogP contribution in [0.25, 0.3) is 11.1 Å². The molecule has 7 heteroatoms. The summed E-state index contributed by atoms with van der Waals surface area (Å²) in [4.78, 5) is 13.3. The van der Waals surface area contributed by atoms with Crippen LogP contribution in [0.2, 0.25) is 0 Å². The summed E-state index contributed by atoms with van der Waals surface area (Å²) in [7, 11) is 1.44. The number of nitrogens with one attached hydrogen (secondary N) is 1. The van der Waals surface area contributed by atoms with Gasteiger partial charge in [0.15, 0.2) is 11.6 Å². The molecule has 0 aliphatic heterocycles. The van der Waals surface area contributed by atoms with Gasteiger partial charge in [0.1, 0.15) is 5.51 Å². The number of carbonyl (C=O) groups excluding carboxylic acids is 1. The minimum atomic E-state index is -0.791. The van der Waals surface area contributed by atoms with Crippen LogP contribution in [0, 0.1) is 11.2 Å². The highest BCUT2D eigenvalue weighted by Gasteiger charge is 2.39. The van der Waals surface area contributed by atoms with Gasteiger partial charge in [0.05, 0.1) is 12.5 Å². The van der Waals surface area contributed by atoms with Gasteiger partial charge < -0.3 is 10.1 Å². The van der Waals surface area contributed by atoms with Gasteiger partial charge in [0, 0.05) is 5.92 Å². The van der Waals surface area contributed by atoms with Gasteiger partial charge in [0.2, 0.25) is 11.0 Å². The second kappa shape index (κ2) is 9.50. The summed E-state index contributed by atoms with van der Waals surface area (Å²) in [5.41, 5.74) is 4.43. The van der Waals surface area contributed by atoms with Crippen LogP contribution in [0.15, 0.2) is 78.3 Å². The summed E-state index contributed by atoms with van der Waals surface area (Å²) in [6.07, 6.45) is 0. The zero-order valence-corrected chi connectivity index (χ0v) is 19.4. The van der Waals surface area contributed by atoms with Crippen molar-refractivity contribution in [2.75, 3.05) is 12.4 Å². The molecule has 4 rings (SSSR count). The second-order valence-electron chi connectivity index (χ2n) is 8.23. The van der Waals surface area contributed by atoms with Crippen LogP contribution in [0.4, 0.5) is 9.52 Å². The molecule has 1 aromatic heterocycles. The lowest BCUT2D eigenvalue weighted by atomic mass is 9.70. The summed E-state index contributed by atoms with van der Waals surface area (Å²) >= 11 is 1.28. The third-order valence-electron chi connectivity index (χ3n) is 5.75. The summed E-state index contributed by atoms with van der Waals surface area (Å²) in [5, 5.41) is 11.1. The second-order valence-corrected chi connectivity index (χ2v) is 9.07. The van der Waals surface area contributed by atoms with Gasteiger partial charge in [-0.2, -0.15) is 0 Å². The van der Waals surface area contributed by atoms with Gasteiger partial charge in [0.25, 0.3) is 0 Å². The lowest BCUT2D eigenvalue weighted by Crippen LogP contribution is -2.37. The molecule has 4 aromatic rings. The Morgan fingerprint density at radius 1 is 1.00 bits per heavy atom. The SMILES string of the molecule is COc1ccc(-c2ccc(C(c3ccccc3)C(C)(C)C(=O)Nc3nncs3)cc2)cc1F. The van der Waals surface area contributed by atoms with Gasteiger partial charge in [-0.3, -0.25) is 4.79 Å². The van der Waals surface area contributed by atoms with Gasteiger partial charge in [-0.05, 0) is 34.4 Å². The van der Waals surface area contributed by atoms with E-state index in [9.17, 15) is 9.18 Å². The van der Waals surface area contributed by atoms with Crippen LogP contribution in [0.5, 0.6) is 5.75 Å². The predicted octanol–water partition coefficient (Wildman–Crippen LogP) is 6.15. The van der Waals surface area contributed by atoms with Gasteiger partial charge in [-0.25, -0.2) is 4.39 Å². The molecule has 0 saturated heterocycles. The fourth-order valence-corrected chi connectivity index (χ4v) is 4.44. The summed E-state index contributed by atoms with van der Waals surface area (Å²) < 4.78 is 19.2. The van der Waals surface area contributed by atoms with Gasteiger partial charge >= 0.3 is 0 Å². The third-order valence-corrected chi connectivity index (χ3v) is 6.36. The number of amides is 1. The molecule has 1 atom stereocenters. The molecular formula is C26H24FN3O2S. The maximum absolute atomic E-state index is 14.2. The third kappa shape index (κ3) is 4.78. The van der Waals surface area contributed by atoms with Crippen molar-refractivity contribution in [3.8, 4) is 16.9 Å². The zero-order valence-electron chi connectivity index (χ0n) is 18.6. The number of halogens is 1. The Hall–Kier alpha value is -3.58. The quantitative estimate of drug-likeness (QED) is 0.359. The van der Waals surface area contributed by atoms with Crippen LogP contribution in [0.1, 0.15) is 30.9 Å². The van der Waals surface area contributed by atoms with Gasteiger partial charge in [-0.1, -0.05) is 85.8 Å². The molecule has 168 valence electrons. The maximum atomic E-state index is 14.2. The fourth-order valence-electron chi connectivity index (χ4n) is 4.00. The average Bonchev–Trinajstić information content (AvgIpc) is 3.33. The van der Waals surface area contributed by atoms with E-state index >= 15 is 0 Å².